The highest BCUT2D eigenvalue weighted by Gasteiger charge is 2.18. The molecule has 4 heteroatoms. The number of nitriles is 1. The second-order valence-electron chi connectivity index (χ2n) is 4.31. The van der Waals surface area contributed by atoms with Crippen LogP contribution < -0.4 is 9.47 Å². The standard InChI is InChI=1S/C15H12N2O2/c1-10-7-13(11(8-16)9-17-10)12-3-2-4-14-15(12)19-6-5-18-14/h2-4,7,9H,5-6H2,1H3. The first kappa shape index (κ1) is 11.5. The Morgan fingerprint density at radius 3 is 2.89 bits per heavy atom. The third kappa shape index (κ3) is 2.00. The molecule has 2 aromatic rings. The van der Waals surface area contributed by atoms with Crippen molar-refractivity contribution in [1.29, 1.82) is 5.26 Å². The molecule has 0 radical (unpaired) electrons. The van der Waals surface area contributed by atoms with E-state index in [2.05, 4.69) is 11.1 Å². The zero-order valence-corrected chi connectivity index (χ0v) is 10.5. The van der Waals surface area contributed by atoms with E-state index in [0.717, 1.165) is 22.6 Å². The molecule has 1 aromatic carbocycles. The van der Waals surface area contributed by atoms with Gasteiger partial charge in [0.25, 0.3) is 0 Å². The van der Waals surface area contributed by atoms with Crippen LogP contribution in [0.3, 0.4) is 0 Å². The maximum Gasteiger partial charge on any atom is 0.169 e. The molecule has 1 aliphatic rings. The number of para-hydroxylation sites is 1. The molecule has 0 amide bonds. The van der Waals surface area contributed by atoms with Crippen LogP contribution in [0.15, 0.2) is 30.5 Å². The van der Waals surface area contributed by atoms with Crippen LogP contribution in [0.4, 0.5) is 0 Å². The molecule has 3 rings (SSSR count). The monoisotopic (exact) mass is 252 g/mol. The van der Waals surface area contributed by atoms with Crippen LogP contribution >= 0.6 is 0 Å². The Hall–Kier alpha value is -2.54. The maximum atomic E-state index is 9.21. The smallest absolute Gasteiger partial charge is 0.169 e. The number of hydrogen-bond donors (Lipinski definition) is 0. The molecule has 1 aromatic heterocycles. The van der Waals surface area contributed by atoms with Crippen molar-refractivity contribution in [2.75, 3.05) is 13.2 Å². The molecular formula is C15H12N2O2. The summed E-state index contributed by atoms with van der Waals surface area (Å²) in [6.07, 6.45) is 1.59. The highest BCUT2D eigenvalue weighted by molar-refractivity contribution is 5.78. The lowest BCUT2D eigenvalue weighted by Crippen LogP contribution is -2.15. The molecule has 0 fully saturated rings. The van der Waals surface area contributed by atoms with E-state index in [1.54, 1.807) is 6.20 Å². The fourth-order valence-electron chi connectivity index (χ4n) is 2.16. The highest BCUT2D eigenvalue weighted by atomic mass is 16.6. The summed E-state index contributed by atoms with van der Waals surface area (Å²) >= 11 is 0. The van der Waals surface area contributed by atoms with Crippen LogP contribution in [0.25, 0.3) is 11.1 Å². The number of fused-ring (bicyclic) bond motifs is 1. The van der Waals surface area contributed by atoms with Crippen molar-refractivity contribution >= 4 is 0 Å². The summed E-state index contributed by atoms with van der Waals surface area (Å²) in [5, 5.41) is 9.21. The van der Waals surface area contributed by atoms with Crippen LogP contribution in [-0.2, 0) is 0 Å². The third-order valence-electron chi connectivity index (χ3n) is 3.02. The lowest BCUT2D eigenvalue weighted by molar-refractivity contribution is 0.172. The van der Waals surface area contributed by atoms with E-state index in [-0.39, 0.29) is 0 Å². The zero-order valence-electron chi connectivity index (χ0n) is 10.5. The summed E-state index contributed by atoms with van der Waals surface area (Å²) in [7, 11) is 0. The van der Waals surface area contributed by atoms with Gasteiger partial charge in [-0.15, -0.1) is 0 Å². The minimum atomic E-state index is 0.524. The van der Waals surface area contributed by atoms with Crippen molar-refractivity contribution in [3.05, 3.63) is 41.7 Å². The highest BCUT2D eigenvalue weighted by Crippen LogP contribution is 2.40. The van der Waals surface area contributed by atoms with Crippen molar-refractivity contribution in [2.45, 2.75) is 6.92 Å². The second-order valence-corrected chi connectivity index (χ2v) is 4.31. The summed E-state index contributed by atoms with van der Waals surface area (Å²) in [4.78, 5) is 4.15. The van der Waals surface area contributed by atoms with E-state index in [1.165, 1.54) is 0 Å². The Balaban J connectivity index is 2.23. The van der Waals surface area contributed by atoms with Gasteiger partial charge in [0.15, 0.2) is 11.5 Å². The van der Waals surface area contributed by atoms with Gasteiger partial charge in [0.2, 0.25) is 0 Å². The van der Waals surface area contributed by atoms with Crippen molar-refractivity contribution in [3.8, 4) is 28.7 Å². The molecule has 0 unspecified atom stereocenters. The Morgan fingerprint density at radius 2 is 2.05 bits per heavy atom. The molecule has 0 spiro atoms. The fraction of sp³-hybridized carbons (Fsp3) is 0.200. The minimum absolute atomic E-state index is 0.524. The Morgan fingerprint density at radius 1 is 1.21 bits per heavy atom. The zero-order chi connectivity index (χ0) is 13.2. The van der Waals surface area contributed by atoms with Gasteiger partial charge in [-0.2, -0.15) is 5.26 Å². The van der Waals surface area contributed by atoms with Crippen LogP contribution in [0, 0.1) is 18.3 Å². The van der Waals surface area contributed by atoms with Gasteiger partial charge in [-0.1, -0.05) is 12.1 Å². The number of hydrogen-bond acceptors (Lipinski definition) is 4. The lowest BCUT2D eigenvalue weighted by Gasteiger charge is -2.21. The molecule has 1 aliphatic heterocycles. The summed E-state index contributed by atoms with van der Waals surface area (Å²) < 4.78 is 11.3. The molecule has 0 saturated heterocycles. The quantitative estimate of drug-likeness (QED) is 0.783. The topological polar surface area (TPSA) is 55.1 Å². The molecular weight excluding hydrogens is 240 g/mol. The van der Waals surface area contributed by atoms with Crippen molar-refractivity contribution in [3.63, 3.8) is 0 Å². The van der Waals surface area contributed by atoms with Gasteiger partial charge < -0.3 is 9.47 Å². The van der Waals surface area contributed by atoms with Gasteiger partial charge in [0.1, 0.15) is 19.3 Å². The van der Waals surface area contributed by atoms with Crippen LogP contribution in [0.1, 0.15) is 11.3 Å². The summed E-state index contributed by atoms with van der Waals surface area (Å²) in [6.45, 7) is 2.98. The first-order valence-corrected chi connectivity index (χ1v) is 6.05. The molecule has 0 aliphatic carbocycles. The van der Waals surface area contributed by atoms with E-state index in [9.17, 15) is 5.26 Å². The predicted octanol–water partition coefficient (Wildman–Crippen LogP) is 2.70. The molecule has 0 atom stereocenters. The van der Waals surface area contributed by atoms with Gasteiger partial charge in [-0.25, -0.2) is 0 Å². The SMILES string of the molecule is Cc1cc(-c2cccc3c2OCCO3)c(C#N)cn1. The van der Waals surface area contributed by atoms with Crippen molar-refractivity contribution in [1.82, 2.24) is 4.98 Å². The Kier molecular flexibility index (Phi) is 2.81. The van der Waals surface area contributed by atoms with Gasteiger partial charge in [-0.05, 0) is 19.1 Å². The first-order chi connectivity index (χ1) is 9.29. The number of rotatable bonds is 1. The summed E-state index contributed by atoms with van der Waals surface area (Å²) in [6, 6.07) is 9.77. The minimum Gasteiger partial charge on any atom is -0.486 e. The second kappa shape index (κ2) is 4.62. The number of aryl methyl sites for hydroxylation is 1. The molecule has 0 N–H and O–H groups in total. The van der Waals surface area contributed by atoms with Crippen molar-refractivity contribution in [2.24, 2.45) is 0 Å². The van der Waals surface area contributed by atoms with Crippen molar-refractivity contribution < 1.29 is 9.47 Å². The molecule has 2 heterocycles. The van der Waals surface area contributed by atoms with Gasteiger partial charge >= 0.3 is 0 Å². The number of ether oxygens (including phenoxy) is 2. The Bertz CT molecular complexity index is 674. The first-order valence-electron chi connectivity index (χ1n) is 6.05. The molecule has 94 valence electrons. The van der Waals surface area contributed by atoms with Gasteiger partial charge in [-0.3, -0.25) is 4.98 Å². The van der Waals surface area contributed by atoms with Crippen LogP contribution in [0.5, 0.6) is 11.5 Å². The fourth-order valence-corrected chi connectivity index (χ4v) is 2.16. The van der Waals surface area contributed by atoms with E-state index >= 15 is 0 Å². The molecule has 19 heavy (non-hydrogen) atoms. The third-order valence-corrected chi connectivity index (χ3v) is 3.02. The number of nitrogens with zero attached hydrogens (tertiary/aromatic N) is 2. The van der Waals surface area contributed by atoms with Crippen LogP contribution in [-0.4, -0.2) is 18.2 Å². The average Bonchev–Trinajstić information content (AvgIpc) is 2.46. The van der Waals surface area contributed by atoms with E-state index in [0.29, 0.717) is 24.5 Å². The summed E-state index contributed by atoms with van der Waals surface area (Å²) in [5.74, 6) is 1.43. The number of benzene rings is 1. The van der Waals surface area contributed by atoms with Gasteiger partial charge in [0, 0.05) is 23.0 Å². The van der Waals surface area contributed by atoms with Gasteiger partial charge in [0.05, 0.1) is 5.56 Å². The molecule has 0 bridgehead atoms. The van der Waals surface area contributed by atoms with Crippen LogP contribution in [0.2, 0.25) is 0 Å². The predicted molar refractivity (Wildman–Crippen MR) is 70.1 cm³/mol. The Labute approximate surface area is 111 Å². The number of pyridine rings is 1. The largest absolute Gasteiger partial charge is 0.486 e. The average molecular weight is 252 g/mol. The normalized spacial score (nSPS) is 12.8. The summed E-state index contributed by atoms with van der Waals surface area (Å²) in [5.41, 5.74) is 3.10. The van der Waals surface area contributed by atoms with E-state index in [1.807, 2.05) is 31.2 Å². The van der Waals surface area contributed by atoms with E-state index in [4.69, 9.17) is 9.47 Å². The maximum absolute atomic E-state index is 9.21. The number of aromatic nitrogens is 1. The molecule has 0 saturated carbocycles. The van der Waals surface area contributed by atoms with E-state index < -0.39 is 0 Å². The molecule has 4 nitrogen and oxygen atoms in total. The lowest BCUT2D eigenvalue weighted by atomic mass is 10.00.